The van der Waals surface area contributed by atoms with E-state index in [1.807, 2.05) is 0 Å². The van der Waals surface area contributed by atoms with Crippen LogP contribution in [-0.2, 0) is 11.8 Å². The van der Waals surface area contributed by atoms with Gasteiger partial charge in [-0.05, 0) is 80.9 Å². The van der Waals surface area contributed by atoms with Gasteiger partial charge in [-0.1, -0.05) is 22.0 Å². The summed E-state index contributed by atoms with van der Waals surface area (Å²) in [6, 6.07) is 7.61. The molecule has 4 rings (SSSR count). The molecule has 0 amide bonds. The van der Waals surface area contributed by atoms with E-state index < -0.39 is 0 Å². The number of hydrogen-bond donors (Lipinski definition) is 2. The Hall–Kier alpha value is -0.380. The molecule has 1 saturated carbocycles. The van der Waals surface area contributed by atoms with Gasteiger partial charge in [0.25, 0.3) is 0 Å². The van der Waals surface area contributed by atoms with Crippen LogP contribution in [0.4, 0.5) is 0 Å². The predicted octanol–water partition coefficient (Wildman–Crippen LogP) is 2.99. The number of nitrogens with one attached hydrogen (secondary N) is 2. The molecular weight excluding hydrogens is 312 g/mol. The summed E-state index contributed by atoms with van der Waals surface area (Å²) in [6.45, 7) is 3.63. The molecule has 1 aliphatic heterocycles. The molecule has 2 N–H and O–H groups in total. The molecule has 2 nitrogen and oxygen atoms in total. The van der Waals surface area contributed by atoms with E-state index in [0.29, 0.717) is 5.41 Å². The van der Waals surface area contributed by atoms with E-state index in [0.717, 1.165) is 12.0 Å². The first-order chi connectivity index (χ1) is 9.78. The lowest BCUT2D eigenvalue weighted by molar-refractivity contribution is 0.351. The number of rotatable bonds is 3. The fraction of sp³-hybridized carbons (Fsp3) is 0.647. The van der Waals surface area contributed by atoms with Crippen LogP contribution in [-0.4, -0.2) is 25.7 Å². The second kappa shape index (κ2) is 5.11. The Morgan fingerprint density at radius 3 is 3.00 bits per heavy atom. The highest BCUT2D eigenvalue weighted by atomic mass is 79.9. The van der Waals surface area contributed by atoms with Gasteiger partial charge in [-0.3, -0.25) is 0 Å². The Bertz CT molecular complexity index is 510. The topological polar surface area (TPSA) is 24.1 Å². The van der Waals surface area contributed by atoms with E-state index in [1.165, 1.54) is 56.2 Å². The Morgan fingerprint density at radius 1 is 1.30 bits per heavy atom. The van der Waals surface area contributed by atoms with E-state index in [1.54, 1.807) is 11.1 Å². The van der Waals surface area contributed by atoms with Crippen LogP contribution in [0.3, 0.4) is 0 Å². The number of aryl methyl sites for hydroxylation is 1. The minimum Gasteiger partial charge on any atom is -0.317 e. The van der Waals surface area contributed by atoms with Crippen LogP contribution < -0.4 is 10.6 Å². The van der Waals surface area contributed by atoms with Crippen molar-refractivity contribution in [2.75, 3.05) is 19.6 Å². The van der Waals surface area contributed by atoms with Crippen LogP contribution in [0.5, 0.6) is 0 Å². The fourth-order valence-electron chi connectivity index (χ4n) is 4.26. The van der Waals surface area contributed by atoms with Crippen LogP contribution in [0.1, 0.15) is 36.8 Å². The van der Waals surface area contributed by atoms with E-state index in [9.17, 15) is 0 Å². The summed E-state index contributed by atoms with van der Waals surface area (Å²) in [5.74, 6) is 0.886. The lowest BCUT2D eigenvalue weighted by Crippen LogP contribution is -2.35. The van der Waals surface area contributed by atoms with Crippen molar-refractivity contribution < 1.29 is 0 Å². The molecule has 0 bridgehead atoms. The molecule has 0 aromatic heterocycles. The number of fused-ring (bicyclic) bond motifs is 2. The highest BCUT2D eigenvalue weighted by Crippen LogP contribution is 2.57. The zero-order valence-electron chi connectivity index (χ0n) is 11.9. The molecule has 1 saturated heterocycles. The first-order valence-electron chi connectivity index (χ1n) is 8.01. The van der Waals surface area contributed by atoms with Crippen molar-refractivity contribution >= 4 is 15.9 Å². The van der Waals surface area contributed by atoms with Crippen molar-refractivity contribution in [2.24, 2.45) is 5.92 Å². The molecule has 0 radical (unpaired) electrons. The van der Waals surface area contributed by atoms with Crippen LogP contribution in [0.25, 0.3) is 0 Å². The summed E-state index contributed by atoms with van der Waals surface area (Å²) >= 11 is 3.64. The third kappa shape index (κ3) is 2.24. The van der Waals surface area contributed by atoms with Crippen molar-refractivity contribution in [3.63, 3.8) is 0 Å². The monoisotopic (exact) mass is 334 g/mol. The number of benzene rings is 1. The molecule has 108 valence electrons. The quantitative estimate of drug-likeness (QED) is 0.887. The Morgan fingerprint density at radius 2 is 2.15 bits per heavy atom. The lowest BCUT2D eigenvalue weighted by Gasteiger charge is -2.23. The first-order valence-corrected chi connectivity index (χ1v) is 8.80. The molecular formula is C17H23BrN2. The Balaban J connectivity index is 1.41. The Labute approximate surface area is 129 Å². The van der Waals surface area contributed by atoms with Gasteiger partial charge in [0.2, 0.25) is 0 Å². The average molecular weight is 335 g/mol. The Kier molecular flexibility index (Phi) is 3.40. The molecule has 1 heterocycles. The van der Waals surface area contributed by atoms with Gasteiger partial charge in [-0.15, -0.1) is 0 Å². The molecule has 0 unspecified atom stereocenters. The molecule has 3 aliphatic rings. The van der Waals surface area contributed by atoms with Crippen molar-refractivity contribution in [1.82, 2.24) is 10.6 Å². The van der Waals surface area contributed by atoms with E-state index in [-0.39, 0.29) is 0 Å². The van der Waals surface area contributed by atoms with Gasteiger partial charge < -0.3 is 10.6 Å². The minimum atomic E-state index is 0.478. The fourth-order valence-corrected chi connectivity index (χ4v) is 4.63. The van der Waals surface area contributed by atoms with E-state index in [2.05, 4.69) is 44.8 Å². The number of halogens is 1. The molecule has 20 heavy (non-hydrogen) atoms. The predicted molar refractivity (Wildman–Crippen MR) is 86.1 cm³/mol. The van der Waals surface area contributed by atoms with E-state index >= 15 is 0 Å². The zero-order chi connectivity index (χ0) is 13.6. The van der Waals surface area contributed by atoms with Gasteiger partial charge in [-0.2, -0.15) is 0 Å². The highest BCUT2D eigenvalue weighted by molar-refractivity contribution is 9.10. The highest BCUT2D eigenvalue weighted by Gasteiger charge is 2.57. The maximum Gasteiger partial charge on any atom is 0.0178 e. The van der Waals surface area contributed by atoms with Crippen molar-refractivity contribution in [1.29, 1.82) is 0 Å². The smallest absolute Gasteiger partial charge is 0.0178 e. The minimum absolute atomic E-state index is 0.478. The molecule has 1 aromatic rings. The second-order valence-corrected chi connectivity index (χ2v) is 7.73. The maximum atomic E-state index is 3.88. The summed E-state index contributed by atoms with van der Waals surface area (Å²) < 4.78 is 1.24. The van der Waals surface area contributed by atoms with Gasteiger partial charge in [0.1, 0.15) is 0 Å². The summed E-state index contributed by atoms with van der Waals surface area (Å²) in [4.78, 5) is 0. The van der Waals surface area contributed by atoms with Crippen molar-refractivity contribution in [3.8, 4) is 0 Å². The van der Waals surface area contributed by atoms with E-state index in [4.69, 9.17) is 0 Å². The third-order valence-corrected chi connectivity index (χ3v) is 6.13. The van der Waals surface area contributed by atoms with Gasteiger partial charge in [-0.25, -0.2) is 0 Å². The van der Waals surface area contributed by atoms with Gasteiger partial charge in [0, 0.05) is 15.9 Å². The van der Waals surface area contributed by atoms with Crippen LogP contribution in [0, 0.1) is 5.92 Å². The molecule has 1 spiro atoms. The normalized spacial score (nSPS) is 32.5. The van der Waals surface area contributed by atoms with Gasteiger partial charge in [0.15, 0.2) is 0 Å². The molecule has 2 fully saturated rings. The largest absolute Gasteiger partial charge is 0.317 e. The molecule has 2 aliphatic carbocycles. The zero-order valence-corrected chi connectivity index (χ0v) is 13.5. The second-order valence-electron chi connectivity index (χ2n) is 6.82. The molecule has 3 heteroatoms. The van der Waals surface area contributed by atoms with Crippen LogP contribution in [0.2, 0.25) is 0 Å². The third-order valence-electron chi connectivity index (χ3n) is 5.64. The van der Waals surface area contributed by atoms with Crippen LogP contribution in [0.15, 0.2) is 22.7 Å². The average Bonchev–Trinajstić information content (AvgIpc) is 3.08. The summed E-state index contributed by atoms with van der Waals surface area (Å²) in [5, 5.41) is 7.33. The van der Waals surface area contributed by atoms with Crippen LogP contribution >= 0.6 is 15.9 Å². The lowest BCUT2D eigenvalue weighted by atomic mass is 9.96. The van der Waals surface area contributed by atoms with Gasteiger partial charge >= 0.3 is 0 Å². The SMILES string of the molecule is Brc1ccc2c(c1)[C@@]1(CC2)C[C@H]1NCC1CCNCC1. The number of hydrogen-bond acceptors (Lipinski definition) is 2. The summed E-state index contributed by atoms with van der Waals surface area (Å²) in [7, 11) is 0. The van der Waals surface area contributed by atoms with Crippen molar-refractivity contribution in [3.05, 3.63) is 33.8 Å². The van der Waals surface area contributed by atoms with Crippen molar-refractivity contribution in [2.45, 2.75) is 43.6 Å². The summed E-state index contributed by atoms with van der Waals surface area (Å²) in [6.07, 6.45) is 6.65. The maximum absolute atomic E-state index is 3.88. The molecule has 2 atom stereocenters. The van der Waals surface area contributed by atoms with Gasteiger partial charge in [0.05, 0.1) is 0 Å². The summed E-state index contributed by atoms with van der Waals surface area (Å²) in [5.41, 5.74) is 3.68. The molecule has 1 aromatic carbocycles. The first kappa shape index (κ1) is 13.3. The number of piperidine rings is 1. The standard InChI is InChI=1S/C17H23BrN2/c18-14-2-1-13-3-6-17(15(13)9-14)10-16(17)20-11-12-4-7-19-8-5-12/h1-2,9,12,16,19-20H,3-8,10-11H2/t16-,17-/m1/s1.